The Bertz CT molecular complexity index is 439. The van der Waals surface area contributed by atoms with Crippen molar-refractivity contribution < 1.29 is 4.74 Å². The van der Waals surface area contributed by atoms with Gasteiger partial charge in [0.25, 0.3) is 0 Å². The van der Waals surface area contributed by atoms with Gasteiger partial charge in [0, 0.05) is 6.54 Å². The molecule has 1 aromatic heterocycles. The molecule has 1 N–H and O–H groups in total. The highest BCUT2D eigenvalue weighted by Gasteiger charge is 2.40. The highest BCUT2D eigenvalue weighted by molar-refractivity contribution is 7.71. The summed E-state index contributed by atoms with van der Waals surface area (Å²) in [5.41, 5.74) is 0. The molecule has 0 saturated carbocycles. The number of hydrogen-bond donors (Lipinski definition) is 1. The van der Waals surface area contributed by atoms with Crippen molar-refractivity contribution in [3.8, 4) is 0 Å². The topological polar surface area (TPSA) is 42.8 Å². The van der Waals surface area contributed by atoms with E-state index in [1.165, 1.54) is 0 Å². The van der Waals surface area contributed by atoms with Crippen LogP contribution in [0.1, 0.15) is 45.9 Å². The van der Waals surface area contributed by atoms with Crippen molar-refractivity contribution in [2.75, 3.05) is 0 Å². The molecule has 0 aliphatic carbocycles. The second-order valence-electron chi connectivity index (χ2n) is 4.97. The van der Waals surface area contributed by atoms with Crippen LogP contribution in [0.25, 0.3) is 0 Å². The van der Waals surface area contributed by atoms with Crippen molar-refractivity contribution in [1.29, 1.82) is 0 Å². The zero-order valence-corrected chi connectivity index (χ0v) is 11.8. The maximum absolute atomic E-state index is 5.88. The highest BCUT2D eigenvalue weighted by atomic mass is 32.1. The Morgan fingerprint density at radius 3 is 2.59 bits per heavy atom. The van der Waals surface area contributed by atoms with Gasteiger partial charge >= 0.3 is 0 Å². The van der Waals surface area contributed by atoms with Gasteiger partial charge in [-0.05, 0) is 38.4 Å². The first-order chi connectivity index (χ1) is 8.06. The van der Waals surface area contributed by atoms with Gasteiger partial charge in [-0.25, -0.2) is 0 Å². The van der Waals surface area contributed by atoms with E-state index >= 15 is 0 Å². The predicted molar refractivity (Wildman–Crippen MR) is 69.6 cm³/mol. The summed E-state index contributed by atoms with van der Waals surface area (Å²) in [4.78, 5) is 0. The van der Waals surface area contributed by atoms with E-state index in [0.717, 1.165) is 23.6 Å². The van der Waals surface area contributed by atoms with Crippen molar-refractivity contribution in [3.05, 3.63) is 10.6 Å². The van der Waals surface area contributed by atoms with Crippen molar-refractivity contribution in [2.45, 2.75) is 58.8 Å². The number of hydrogen-bond acceptors (Lipinski definition) is 3. The zero-order chi connectivity index (χ0) is 12.6. The van der Waals surface area contributed by atoms with Crippen molar-refractivity contribution >= 4 is 12.2 Å². The first-order valence-corrected chi connectivity index (χ1v) is 6.77. The van der Waals surface area contributed by atoms with E-state index in [9.17, 15) is 0 Å². The molecule has 0 spiro atoms. The molecular formula is C12H21N3OS. The molecule has 0 radical (unpaired) electrons. The largest absolute Gasteiger partial charge is 0.374 e. The normalized spacial score (nSPS) is 33.2. The summed E-state index contributed by atoms with van der Waals surface area (Å²) < 4.78 is 8.72. The summed E-state index contributed by atoms with van der Waals surface area (Å²) in [6.45, 7) is 9.56. The fourth-order valence-electron chi connectivity index (χ4n) is 2.74. The van der Waals surface area contributed by atoms with E-state index in [0.29, 0.717) is 11.8 Å². The minimum atomic E-state index is 0.209. The van der Waals surface area contributed by atoms with Crippen LogP contribution in [0.4, 0.5) is 0 Å². The molecule has 4 unspecified atom stereocenters. The van der Waals surface area contributed by atoms with Crippen LogP contribution in [-0.4, -0.2) is 27.0 Å². The molecule has 2 heterocycles. The molecule has 1 aromatic rings. The quantitative estimate of drug-likeness (QED) is 0.845. The van der Waals surface area contributed by atoms with Crippen molar-refractivity contribution in [2.24, 2.45) is 5.92 Å². The molecule has 0 aromatic carbocycles. The van der Waals surface area contributed by atoms with E-state index in [-0.39, 0.29) is 12.2 Å². The Kier molecular flexibility index (Phi) is 3.68. The number of rotatable bonds is 3. The summed E-state index contributed by atoms with van der Waals surface area (Å²) >= 11 is 5.28. The fourth-order valence-corrected chi connectivity index (χ4v) is 2.97. The molecule has 4 atom stereocenters. The molecule has 2 rings (SSSR count). The molecular weight excluding hydrogens is 234 g/mol. The Morgan fingerprint density at radius 2 is 2.06 bits per heavy atom. The van der Waals surface area contributed by atoms with Gasteiger partial charge in [-0.2, -0.15) is 5.10 Å². The lowest BCUT2D eigenvalue weighted by Crippen LogP contribution is -2.20. The molecule has 17 heavy (non-hydrogen) atoms. The molecule has 1 aliphatic rings. The van der Waals surface area contributed by atoms with Crippen LogP contribution in [-0.2, 0) is 11.3 Å². The Morgan fingerprint density at radius 1 is 1.35 bits per heavy atom. The van der Waals surface area contributed by atoms with Gasteiger partial charge < -0.3 is 9.30 Å². The average molecular weight is 255 g/mol. The highest BCUT2D eigenvalue weighted by Crippen LogP contribution is 2.38. The van der Waals surface area contributed by atoms with Gasteiger partial charge in [0.2, 0.25) is 0 Å². The number of aromatic amines is 1. The van der Waals surface area contributed by atoms with Crippen LogP contribution in [0.5, 0.6) is 0 Å². The summed E-state index contributed by atoms with van der Waals surface area (Å²) in [5.74, 6) is 1.87. The van der Waals surface area contributed by atoms with Crippen LogP contribution >= 0.6 is 12.2 Å². The van der Waals surface area contributed by atoms with Crippen LogP contribution in [0.3, 0.4) is 0 Å². The fraction of sp³-hybridized carbons (Fsp3) is 0.833. The van der Waals surface area contributed by atoms with Gasteiger partial charge in [0.05, 0.1) is 18.1 Å². The van der Waals surface area contributed by atoms with Crippen LogP contribution in [0, 0.1) is 10.7 Å². The SMILES string of the molecule is CCCn1c(C2C(C)OC(C)C2C)n[nH]c1=S. The van der Waals surface area contributed by atoms with E-state index < -0.39 is 0 Å². The predicted octanol–water partition coefficient (Wildman–Crippen LogP) is 2.88. The first kappa shape index (κ1) is 12.8. The van der Waals surface area contributed by atoms with E-state index in [1.54, 1.807) is 0 Å². The number of H-pyrrole nitrogens is 1. The number of nitrogens with zero attached hydrogens (tertiary/aromatic N) is 2. The lowest BCUT2D eigenvalue weighted by molar-refractivity contribution is 0.0551. The minimum absolute atomic E-state index is 0.209. The van der Waals surface area contributed by atoms with Crippen molar-refractivity contribution in [3.63, 3.8) is 0 Å². The maximum atomic E-state index is 5.88. The monoisotopic (exact) mass is 255 g/mol. The van der Waals surface area contributed by atoms with E-state index in [2.05, 4.69) is 42.5 Å². The van der Waals surface area contributed by atoms with E-state index in [4.69, 9.17) is 17.0 Å². The molecule has 5 heteroatoms. The maximum Gasteiger partial charge on any atom is 0.195 e. The van der Waals surface area contributed by atoms with Gasteiger partial charge in [0.1, 0.15) is 5.82 Å². The second-order valence-corrected chi connectivity index (χ2v) is 5.36. The molecule has 1 fully saturated rings. The van der Waals surface area contributed by atoms with Crippen LogP contribution in [0.15, 0.2) is 0 Å². The van der Waals surface area contributed by atoms with Crippen molar-refractivity contribution in [1.82, 2.24) is 14.8 Å². The lowest BCUT2D eigenvalue weighted by Gasteiger charge is -2.18. The lowest BCUT2D eigenvalue weighted by atomic mass is 9.89. The zero-order valence-electron chi connectivity index (χ0n) is 10.9. The van der Waals surface area contributed by atoms with Gasteiger partial charge in [0.15, 0.2) is 4.77 Å². The Hall–Kier alpha value is -0.680. The summed E-state index contributed by atoms with van der Waals surface area (Å²) in [5, 5.41) is 7.33. The molecule has 1 saturated heterocycles. The number of nitrogens with one attached hydrogen (secondary N) is 1. The molecule has 0 bridgehead atoms. The first-order valence-electron chi connectivity index (χ1n) is 6.36. The van der Waals surface area contributed by atoms with Gasteiger partial charge in [-0.15, -0.1) is 0 Å². The van der Waals surface area contributed by atoms with E-state index in [1.807, 2.05) is 0 Å². The number of ether oxygens (including phenoxy) is 1. The molecule has 1 aliphatic heterocycles. The third kappa shape index (κ3) is 2.18. The summed E-state index contributed by atoms with van der Waals surface area (Å²) in [6, 6.07) is 0. The van der Waals surface area contributed by atoms with Crippen LogP contribution < -0.4 is 0 Å². The van der Waals surface area contributed by atoms with Gasteiger partial charge in [-0.3, -0.25) is 5.10 Å². The Balaban J connectivity index is 2.37. The Labute approximate surface area is 107 Å². The standard InChI is InChI=1S/C12H21N3OS/c1-5-6-15-11(13-14-12(15)17)10-7(2)8(3)16-9(10)4/h7-10H,5-6H2,1-4H3,(H,14,17). The smallest absolute Gasteiger partial charge is 0.195 e. The second kappa shape index (κ2) is 4.90. The molecule has 0 amide bonds. The summed E-state index contributed by atoms with van der Waals surface area (Å²) in [6.07, 6.45) is 1.56. The van der Waals surface area contributed by atoms with Crippen LogP contribution in [0.2, 0.25) is 0 Å². The average Bonchev–Trinajstić information content (AvgIpc) is 2.73. The molecule has 96 valence electrons. The minimum Gasteiger partial charge on any atom is -0.374 e. The number of aromatic nitrogens is 3. The molecule has 4 nitrogen and oxygen atoms in total. The van der Waals surface area contributed by atoms with Gasteiger partial charge in [-0.1, -0.05) is 13.8 Å². The third-order valence-electron chi connectivity index (χ3n) is 3.78. The third-order valence-corrected chi connectivity index (χ3v) is 4.09. The summed E-state index contributed by atoms with van der Waals surface area (Å²) in [7, 11) is 0.